The maximum atomic E-state index is 5.64. The third kappa shape index (κ3) is 3.49. The molecule has 1 unspecified atom stereocenters. The first-order chi connectivity index (χ1) is 3.98. The predicted molar refractivity (Wildman–Crippen MR) is 40.9 cm³/mol. The van der Waals surface area contributed by atoms with Crippen molar-refractivity contribution in [2.45, 2.75) is 39.3 Å². The van der Waals surface area contributed by atoms with E-state index >= 15 is 0 Å². The molecule has 0 aliphatic rings. The molecule has 0 fully saturated rings. The van der Waals surface area contributed by atoms with E-state index in [4.69, 9.17) is 11.5 Å². The Labute approximate surface area is 57.6 Å². The normalized spacial score (nSPS) is 15.7. The van der Waals surface area contributed by atoms with Crippen molar-refractivity contribution in [1.82, 2.24) is 0 Å². The van der Waals surface area contributed by atoms with Crippen LogP contribution in [-0.2, 0) is 0 Å². The van der Waals surface area contributed by atoms with Gasteiger partial charge < -0.3 is 11.5 Å². The minimum Gasteiger partial charge on any atom is -0.314 e. The Morgan fingerprint density at radius 3 is 2.00 bits per heavy atom. The van der Waals surface area contributed by atoms with Gasteiger partial charge in [0, 0.05) is 0 Å². The Hall–Kier alpha value is -0.0800. The maximum Gasteiger partial charge on any atom is 0.0633 e. The molecule has 4 N–H and O–H groups in total. The lowest BCUT2D eigenvalue weighted by atomic mass is 9.94. The highest BCUT2D eigenvalue weighted by atomic mass is 14.9. The average Bonchev–Trinajstić information content (AvgIpc) is 1.64. The first-order valence-corrected chi connectivity index (χ1v) is 3.56. The molecule has 2 nitrogen and oxygen atoms in total. The highest BCUT2D eigenvalue weighted by Gasteiger charge is 2.19. The first-order valence-electron chi connectivity index (χ1n) is 3.56. The van der Waals surface area contributed by atoms with Crippen LogP contribution < -0.4 is 11.5 Å². The fourth-order valence-electron chi connectivity index (χ4n) is 0.744. The van der Waals surface area contributed by atoms with Gasteiger partial charge in [-0.3, -0.25) is 0 Å². The van der Waals surface area contributed by atoms with E-state index in [1.165, 1.54) is 0 Å². The van der Waals surface area contributed by atoms with Gasteiger partial charge in [0.1, 0.15) is 0 Å². The molecule has 0 spiro atoms. The predicted octanol–water partition coefficient (Wildman–Crippen LogP) is 1.06. The minimum absolute atomic E-state index is 0.419. The molecular formula is C7H18N2. The van der Waals surface area contributed by atoms with Crippen LogP contribution in [-0.4, -0.2) is 5.66 Å². The highest BCUT2D eigenvalue weighted by Crippen LogP contribution is 2.13. The summed E-state index contributed by atoms with van der Waals surface area (Å²) in [6.45, 7) is 6.10. The van der Waals surface area contributed by atoms with Gasteiger partial charge in [-0.25, -0.2) is 0 Å². The zero-order valence-electron chi connectivity index (χ0n) is 6.65. The lowest BCUT2D eigenvalue weighted by Crippen LogP contribution is -2.51. The highest BCUT2D eigenvalue weighted by molar-refractivity contribution is 4.76. The molecule has 0 rings (SSSR count). The van der Waals surface area contributed by atoms with Crippen LogP contribution in [0.25, 0.3) is 0 Å². The van der Waals surface area contributed by atoms with E-state index in [9.17, 15) is 0 Å². The van der Waals surface area contributed by atoms with Crippen molar-refractivity contribution >= 4 is 0 Å². The molecule has 0 aromatic heterocycles. The van der Waals surface area contributed by atoms with E-state index in [-0.39, 0.29) is 0 Å². The summed E-state index contributed by atoms with van der Waals surface area (Å²) in [5, 5.41) is 0. The summed E-state index contributed by atoms with van der Waals surface area (Å²) in [5.74, 6) is 0.419. The average molecular weight is 130 g/mol. The van der Waals surface area contributed by atoms with Crippen molar-refractivity contribution in [3.8, 4) is 0 Å². The zero-order valence-corrected chi connectivity index (χ0v) is 6.65. The lowest BCUT2D eigenvalue weighted by molar-refractivity contribution is 0.307. The molecule has 0 radical (unpaired) electrons. The maximum absolute atomic E-state index is 5.64. The summed E-state index contributed by atoms with van der Waals surface area (Å²) in [5.41, 5.74) is 10.8. The van der Waals surface area contributed by atoms with E-state index < -0.39 is 5.66 Å². The Bertz CT molecular complexity index is 73.5. The summed E-state index contributed by atoms with van der Waals surface area (Å²) in [7, 11) is 0. The molecule has 0 aliphatic heterocycles. The molecule has 9 heavy (non-hydrogen) atoms. The number of hydrogen-bond acceptors (Lipinski definition) is 2. The molecule has 0 aliphatic carbocycles. The summed E-state index contributed by atoms with van der Waals surface area (Å²) in [4.78, 5) is 0. The largest absolute Gasteiger partial charge is 0.314 e. The SMILES string of the molecule is CCCC(C)C(C)(N)N. The van der Waals surface area contributed by atoms with Crippen molar-refractivity contribution in [1.29, 1.82) is 0 Å². The monoisotopic (exact) mass is 130 g/mol. The van der Waals surface area contributed by atoms with Crippen LogP contribution in [0.2, 0.25) is 0 Å². The molecule has 0 amide bonds. The summed E-state index contributed by atoms with van der Waals surface area (Å²) < 4.78 is 0. The third-order valence-electron chi connectivity index (χ3n) is 1.78. The smallest absolute Gasteiger partial charge is 0.0633 e. The van der Waals surface area contributed by atoms with Gasteiger partial charge in [-0.2, -0.15) is 0 Å². The standard InChI is InChI=1S/C7H18N2/c1-4-5-6(2)7(3,8)9/h6H,4-5,8-9H2,1-3H3. The fourth-order valence-corrected chi connectivity index (χ4v) is 0.744. The number of rotatable bonds is 3. The Morgan fingerprint density at radius 1 is 1.44 bits per heavy atom. The van der Waals surface area contributed by atoms with Crippen LogP contribution in [0.1, 0.15) is 33.6 Å². The number of hydrogen-bond donors (Lipinski definition) is 2. The van der Waals surface area contributed by atoms with Crippen LogP contribution >= 0.6 is 0 Å². The van der Waals surface area contributed by atoms with Crippen LogP contribution in [0.5, 0.6) is 0 Å². The second-order valence-corrected chi connectivity index (χ2v) is 3.06. The Balaban J connectivity index is 3.59. The van der Waals surface area contributed by atoms with Crippen LogP contribution in [0.4, 0.5) is 0 Å². The van der Waals surface area contributed by atoms with Gasteiger partial charge in [0.25, 0.3) is 0 Å². The summed E-state index contributed by atoms with van der Waals surface area (Å²) >= 11 is 0. The van der Waals surface area contributed by atoms with Gasteiger partial charge >= 0.3 is 0 Å². The first kappa shape index (κ1) is 8.92. The molecule has 0 saturated carbocycles. The topological polar surface area (TPSA) is 52.0 Å². The molecule has 0 heterocycles. The molecule has 0 aromatic rings. The van der Waals surface area contributed by atoms with Gasteiger partial charge in [-0.1, -0.05) is 20.3 Å². The zero-order chi connectivity index (χ0) is 7.49. The van der Waals surface area contributed by atoms with Crippen LogP contribution in [0, 0.1) is 5.92 Å². The van der Waals surface area contributed by atoms with Crippen molar-refractivity contribution in [3.63, 3.8) is 0 Å². The van der Waals surface area contributed by atoms with Crippen molar-refractivity contribution in [2.75, 3.05) is 0 Å². The minimum atomic E-state index is -0.490. The quantitative estimate of drug-likeness (QED) is 0.561. The van der Waals surface area contributed by atoms with Gasteiger partial charge in [0.2, 0.25) is 0 Å². The Kier molecular flexibility index (Phi) is 3.15. The van der Waals surface area contributed by atoms with Crippen molar-refractivity contribution in [2.24, 2.45) is 17.4 Å². The van der Waals surface area contributed by atoms with E-state index in [0.717, 1.165) is 12.8 Å². The molecule has 2 heteroatoms. The summed E-state index contributed by atoms with van der Waals surface area (Å²) in [6, 6.07) is 0. The fraction of sp³-hybridized carbons (Fsp3) is 1.00. The second-order valence-electron chi connectivity index (χ2n) is 3.06. The molecule has 0 bridgehead atoms. The van der Waals surface area contributed by atoms with Gasteiger partial charge in [-0.05, 0) is 19.3 Å². The molecular weight excluding hydrogens is 112 g/mol. The molecule has 56 valence electrons. The van der Waals surface area contributed by atoms with Crippen molar-refractivity contribution in [3.05, 3.63) is 0 Å². The van der Waals surface area contributed by atoms with Gasteiger partial charge in [-0.15, -0.1) is 0 Å². The molecule has 0 aromatic carbocycles. The second kappa shape index (κ2) is 3.18. The van der Waals surface area contributed by atoms with E-state index in [2.05, 4.69) is 13.8 Å². The van der Waals surface area contributed by atoms with E-state index in [0.29, 0.717) is 5.92 Å². The molecule has 1 atom stereocenters. The van der Waals surface area contributed by atoms with Crippen LogP contribution in [0.15, 0.2) is 0 Å². The van der Waals surface area contributed by atoms with E-state index in [1.54, 1.807) is 0 Å². The summed E-state index contributed by atoms with van der Waals surface area (Å²) in [6.07, 6.45) is 2.27. The lowest BCUT2D eigenvalue weighted by Gasteiger charge is -2.26. The number of nitrogens with two attached hydrogens (primary N) is 2. The van der Waals surface area contributed by atoms with Gasteiger partial charge in [0.05, 0.1) is 5.66 Å². The van der Waals surface area contributed by atoms with Gasteiger partial charge in [0.15, 0.2) is 0 Å². The van der Waals surface area contributed by atoms with E-state index in [1.807, 2.05) is 6.92 Å². The Morgan fingerprint density at radius 2 is 1.89 bits per heavy atom. The van der Waals surface area contributed by atoms with Crippen molar-refractivity contribution < 1.29 is 0 Å². The van der Waals surface area contributed by atoms with Crippen LogP contribution in [0.3, 0.4) is 0 Å². The molecule has 0 saturated heterocycles. The third-order valence-corrected chi connectivity index (χ3v) is 1.78.